The number of anilines is 2. The molecule has 0 saturated heterocycles. The Labute approximate surface area is 118 Å². The fourth-order valence-corrected chi connectivity index (χ4v) is 2.85. The summed E-state index contributed by atoms with van der Waals surface area (Å²) in [5.41, 5.74) is 10.7. The highest BCUT2D eigenvalue weighted by Crippen LogP contribution is 2.32. The zero-order valence-electron chi connectivity index (χ0n) is 10.6. The third-order valence-electron chi connectivity index (χ3n) is 3.55. The molecule has 0 spiro atoms. The Balaban J connectivity index is 1.90. The average molecular weight is 274 g/mol. The van der Waals surface area contributed by atoms with E-state index in [0.29, 0.717) is 5.15 Å². The number of pyridine rings is 1. The highest BCUT2D eigenvalue weighted by Gasteiger charge is 2.18. The van der Waals surface area contributed by atoms with Crippen molar-refractivity contribution >= 4 is 23.0 Å². The molecule has 4 heteroatoms. The lowest BCUT2D eigenvalue weighted by molar-refractivity contribution is 0.692. The molecule has 1 aliphatic heterocycles. The Morgan fingerprint density at radius 2 is 2.21 bits per heavy atom. The van der Waals surface area contributed by atoms with Gasteiger partial charge in [0, 0.05) is 30.7 Å². The Morgan fingerprint density at radius 1 is 1.32 bits per heavy atom. The molecule has 0 amide bonds. The first-order valence-corrected chi connectivity index (χ1v) is 6.84. The van der Waals surface area contributed by atoms with Gasteiger partial charge in [0.1, 0.15) is 5.15 Å². The SMILES string of the molecule is Nc1cccc2c1CCCN2Cc1ccnc(Cl)c1. The van der Waals surface area contributed by atoms with E-state index in [2.05, 4.69) is 16.0 Å². The highest BCUT2D eigenvalue weighted by atomic mass is 35.5. The van der Waals surface area contributed by atoms with Crippen LogP contribution in [-0.4, -0.2) is 11.5 Å². The van der Waals surface area contributed by atoms with Crippen molar-refractivity contribution in [1.82, 2.24) is 4.98 Å². The molecule has 3 nitrogen and oxygen atoms in total. The second-order valence-electron chi connectivity index (χ2n) is 4.86. The molecule has 0 fully saturated rings. The Morgan fingerprint density at radius 3 is 3.05 bits per heavy atom. The van der Waals surface area contributed by atoms with Gasteiger partial charge in [0.25, 0.3) is 0 Å². The summed E-state index contributed by atoms with van der Waals surface area (Å²) in [6.45, 7) is 1.90. The van der Waals surface area contributed by atoms with E-state index >= 15 is 0 Å². The molecule has 2 aromatic rings. The van der Waals surface area contributed by atoms with E-state index in [9.17, 15) is 0 Å². The molecule has 2 heterocycles. The van der Waals surface area contributed by atoms with Gasteiger partial charge in [-0.25, -0.2) is 4.98 Å². The van der Waals surface area contributed by atoms with Crippen LogP contribution in [0.2, 0.25) is 5.15 Å². The van der Waals surface area contributed by atoms with Gasteiger partial charge >= 0.3 is 0 Å². The fraction of sp³-hybridized carbons (Fsp3) is 0.267. The predicted molar refractivity (Wildman–Crippen MR) is 79.5 cm³/mol. The number of hydrogen-bond acceptors (Lipinski definition) is 3. The zero-order chi connectivity index (χ0) is 13.2. The molecule has 0 bridgehead atoms. The first-order chi connectivity index (χ1) is 9.24. The van der Waals surface area contributed by atoms with Crippen LogP contribution in [-0.2, 0) is 13.0 Å². The van der Waals surface area contributed by atoms with Gasteiger partial charge in [-0.15, -0.1) is 0 Å². The fourth-order valence-electron chi connectivity index (χ4n) is 2.65. The van der Waals surface area contributed by atoms with E-state index in [1.165, 1.54) is 16.8 Å². The van der Waals surface area contributed by atoms with Crippen molar-refractivity contribution in [1.29, 1.82) is 0 Å². The Kier molecular flexibility index (Phi) is 3.30. The summed E-state index contributed by atoms with van der Waals surface area (Å²) in [7, 11) is 0. The summed E-state index contributed by atoms with van der Waals surface area (Å²) in [4.78, 5) is 6.38. The molecule has 98 valence electrons. The van der Waals surface area contributed by atoms with Gasteiger partial charge in [0.15, 0.2) is 0 Å². The summed E-state index contributed by atoms with van der Waals surface area (Å²) in [5, 5.41) is 0.544. The van der Waals surface area contributed by atoms with Gasteiger partial charge in [0.05, 0.1) is 0 Å². The van der Waals surface area contributed by atoms with E-state index < -0.39 is 0 Å². The van der Waals surface area contributed by atoms with E-state index in [0.717, 1.165) is 31.6 Å². The number of aromatic nitrogens is 1. The molecule has 1 aromatic carbocycles. The molecule has 0 atom stereocenters. The second kappa shape index (κ2) is 5.10. The summed E-state index contributed by atoms with van der Waals surface area (Å²) in [6, 6.07) is 10.1. The highest BCUT2D eigenvalue weighted by molar-refractivity contribution is 6.29. The molecule has 1 aromatic heterocycles. The van der Waals surface area contributed by atoms with Crippen LogP contribution in [0.15, 0.2) is 36.5 Å². The number of fused-ring (bicyclic) bond motifs is 1. The molecule has 2 N–H and O–H groups in total. The van der Waals surface area contributed by atoms with Gasteiger partial charge in [-0.3, -0.25) is 0 Å². The number of nitrogens with two attached hydrogens (primary N) is 1. The molecule has 19 heavy (non-hydrogen) atoms. The number of nitrogen functional groups attached to an aromatic ring is 1. The molecule has 3 rings (SSSR count). The summed E-state index contributed by atoms with van der Waals surface area (Å²) in [5.74, 6) is 0. The molecule has 0 aliphatic carbocycles. The molecule has 0 saturated carbocycles. The largest absolute Gasteiger partial charge is 0.398 e. The molecular formula is C15H16ClN3. The van der Waals surface area contributed by atoms with E-state index in [1.807, 2.05) is 24.3 Å². The van der Waals surface area contributed by atoms with Crippen molar-refractivity contribution in [2.24, 2.45) is 0 Å². The van der Waals surface area contributed by atoms with Crippen molar-refractivity contribution in [3.05, 3.63) is 52.8 Å². The number of benzene rings is 1. The quantitative estimate of drug-likeness (QED) is 0.674. The van der Waals surface area contributed by atoms with Crippen LogP contribution in [0.1, 0.15) is 17.5 Å². The van der Waals surface area contributed by atoms with E-state index in [1.54, 1.807) is 6.20 Å². The van der Waals surface area contributed by atoms with Gasteiger partial charge in [-0.05, 0) is 48.2 Å². The summed E-state index contributed by atoms with van der Waals surface area (Å²) in [6.07, 6.45) is 3.96. The minimum atomic E-state index is 0.544. The molecule has 1 aliphatic rings. The molecule has 0 radical (unpaired) electrons. The standard InChI is InChI=1S/C15H16ClN3/c16-15-9-11(6-7-18-15)10-19-8-2-3-12-13(17)4-1-5-14(12)19/h1,4-7,9H,2-3,8,10,17H2. The van der Waals surface area contributed by atoms with Crippen LogP contribution in [0.3, 0.4) is 0 Å². The third-order valence-corrected chi connectivity index (χ3v) is 3.75. The van der Waals surface area contributed by atoms with E-state index in [-0.39, 0.29) is 0 Å². The normalized spacial score (nSPS) is 14.3. The lowest BCUT2D eigenvalue weighted by Gasteiger charge is -2.32. The lowest BCUT2D eigenvalue weighted by atomic mass is 9.99. The molecule has 0 unspecified atom stereocenters. The van der Waals surface area contributed by atoms with Crippen LogP contribution in [0, 0.1) is 0 Å². The summed E-state index contributed by atoms with van der Waals surface area (Å²) >= 11 is 5.94. The monoisotopic (exact) mass is 273 g/mol. The van der Waals surface area contributed by atoms with Crippen LogP contribution < -0.4 is 10.6 Å². The Bertz CT molecular complexity index is 598. The Hall–Kier alpha value is -1.74. The maximum Gasteiger partial charge on any atom is 0.129 e. The van der Waals surface area contributed by atoms with Crippen molar-refractivity contribution in [3.8, 4) is 0 Å². The van der Waals surface area contributed by atoms with Crippen molar-refractivity contribution in [2.45, 2.75) is 19.4 Å². The first kappa shape index (κ1) is 12.3. The number of hydrogen-bond donors (Lipinski definition) is 1. The summed E-state index contributed by atoms with van der Waals surface area (Å²) < 4.78 is 0. The van der Waals surface area contributed by atoms with Crippen LogP contribution in [0.25, 0.3) is 0 Å². The van der Waals surface area contributed by atoms with Crippen LogP contribution >= 0.6 is 11.6 Å². The van der Waals surface area contributed by atoms with E-state index in [4.69, 9.17) is 17.3 Å². The topological polar surface area (TPSA) is 42.1 Å². The lowest BCUT2D eigenvalue weighted by Crippen LogP contribution is -2.29. The van der Waals surface area contributed by atoms with Gasteiger partial charge in [-0.2, -0.15) is 0 Å². The minimum absolute atomic E-state index is 0.544. The zero-order valence-corrected chi connectivity index (χ0v) is 11.4. The number of rotatable bonds is 2. The van der Waals surface area contributed by atoms with Crippen molar-refractivity contribution < 1.29 is 0 Å². The second-order valence-corrected chi connectivity index (χ2v) is 5.24. The maximum absolute atomic E-state index is 6.06. The smallest absolute Gasteiger partial charge is 0.129 e. The number of halogens is 1. The van der Waals surface area contributed by atoms with Crippen LogP contribution in [0.5, 0.6) is 0 Å². The van der Waals surface area contributed by atoms with Crippen LogP contribution in [0.4, 0.5) is 11.4 Å². The first-order valence-electron chi connectivity index (χ1n) is 6.47. The third kappa shape index (κ3) is 2.51. The minimum Gasteiger partial charge on any atom is -0.398 e. The van der Waals surface area contributed by atoms with Gasteiger partial charge in [0.2, 0.25) is 0 Å². The average Bonchev–Trinajstić information content (AvgIpc) is 2.40. The maximum atomic E-state index is 6.06. The number of nitrogens with zero attached hydrogens (tertiary/aromatic N) is 2. The molecular weight excluding hydrogens is 258 g/mol. The predicted octanol–water partition coefficient (Wildman–Crippen LogP) is 3.27. The van der Waals surface area contributed by atoms with Gasteiger partial charge < -0.3 is 10.6 Å². The van der Waals surface area contributed by atoms with Crippen molar-refractivity contribution in [2.75, 3.05) is 17.2 Å². The van der Waals surface area contributed by atoms with Gasteiger partial charge in [-0.1, -0.05) is 17.7 Å². The van der Waals surface area contributed by atoms with Crippen molar-refractivity contribution in [3.63, 3.8) is 0 Å².